The van der Waals surface area contributed by atoms with Crippen molar-refractivity contribution in [3.05, 3.63) is 29.8 Å². The van der Waals surface area contributed by atoms with Crippen LogP contribution < -0.4 is 15.4 Å². The average Bonchev–Trinajstić information content (AvgIpc) is 2.65. The van der Waals surface area contributed by atoms with Crippen LogP contribution in [0.2, 0.25) is 0 Å². The Balaban J connectivity index is 0.00000261. The Morgan fingerprint density at radius 3 is 2.59 bits per heavy atom. The number of halogens is 1. The highest BCUT2D eigenvalue weighted by Crippen LogP contribution is 2.36. The molecule has 4 atom stereocenters. The summed E-state index contributed by atoms with van der Waals surface area (Å²) in [6, 6.07) is 7.56. The van der Waals surface area contributed by atoms with E-state index >= 15 is 0 Å². The van der Waals surface area contributed by atoms with E-state index in [4.69, 9.17) is 4.74 Å². The zero-order chi connectivity index (χ0) is 18.7. The van der Waals surface area contributed by atoms with Crippen LogP contribution in [0.15, 0.2) is 24.3 Å². The van der Waals surface area contributed by atoms with Gasteiger partial charge < -0.3 is 20.3 Å². The first-order valence-corrected chi connectivity index (χ1v) is 9.42. The minimum atomic E-state index is -0.242. The van der Waals surface area contributed by atoms with E-state index in [-0.39, 0.29) is 42.2 Å². The average molecular weight is 396 g/mol. The maximum atomic E-state index is 13.1. The summed E-state index contributed by atoms with van der Waals surface area (Å²) in [6.45, 7) is 3.99. The van der Waals surface area contributed by atoms with Gasteiger partial charge in [-0.3, -0.25) is 9.59 Å². The zero-order valence-corrected chi connectivity index (χ0v) is 17.1. The predicted molar refractivity (Wildman–Crippen MR) is 107 cm³/mol. The molecular weight excluding hydrogens is 366 g/mol. The van der Waals surface area contributed by atoms with E-state index in [1.165, 1.54) is 0 Å². The number of amides is 2. The summed E-state index contributed by atoms with van der Waals surface area (Å²) < 4.78 is 5.22. The lowest BCUT2D eigenvalue weighted by molar-refractivity contribution is -0.142. The van der Waals surface area contributed by atoms with Crippen LogP contribution in [-0.4, -0.2) is 50.0 Å². The van der Waals surface area contributed by atoms with E-state index in [0.29, 0.717) is 18.8 Å². The Labute approximate surface area is 167 Å². The lowest BCUT2D eigenvalue weighted by Crippen LogP contribution is -2.54. The zero-order valence-electron chi connectivity index (χ0n) is 16.2. The number of ether oxygens (including phenoxy) is 1. The second-order valence-electron chi connectivity index (χ2n) is 7.45. The van der Waals surface area contributed by atoms with Crippen molar-refractivity contribution in [2.45, 2.75) is 38.3 Å². The van der Waals surface area contributed by atoms with E-state index in [1.54, 1.807) is 19.1 Å². The molecule has 3 rings (SSSR count). The highest BCUT2D eigenvalue weighted by molar-refractivity contribution is 5.85. The second kappa shape index (κ2) is 9.42. The lowest BCUT2D eigenvalue weighted by atomic mass is 9.83. The van der Waals surface area contributed by atoms with Gasteiger partial charge in [0.15, 0.2) is 0 Å². The van der Waals surface area contributed by atoms with Gasteiger partial charge in [0.1, 0.15) is 5.75 Å². The molecule has 0 saturated carbocycles. The molecule has 27 heavy (non-hydrogen) atoms. The molecule has 0 spiro atoms. The molecule has 6 nitrogen and oxygen atoms in total. The van der Waals surface area contributed by atoms with Crippen LogP contribution in [-0.2, 0) is 9.59 Å². The third-order valence-corrected chi connectivity index (χ3v) is 5.81. The number of benzene rings is 1. The van der Waals surface area contributed by atoms with Crippen molar-refractivity contribution in [1.82, 2.24) is 15.5 Å². The van der Waals surface area contributed by atoms with Crippen LogP contribution in [0, 0.1) is 11.8 Å². The fraction of sp³-hybridized carbons (Fsp3) is 0.600. The third kappa shape index (κ3) is 4.74. The number of nitrogens with one attached hydrogen (secondary N) is 2. The van der Waals surface area contributed by atoms with Crippen molar-refractivity contribution >= 4 is 24.2 Å². The van der Waals surface area contributed by atoms with Gasteiger partial charge in [0.2, 0.25) is 11.8 Å². The molecule has 1 aromatic carbocycles. The van der Waals surface area contributed by atoms with Gasteiger partial charge in [0.05, 0.1) is 19.1 Å². The molecule has 150 valence electrons. The highest BCUT2D eigenvalue weighted by atomic mass is 35.5. The van der Waals surface area contributed by atoms with Crippen molar-refractivity contribution in [2.24, 2.45) is 11.8 Å². The summed E-state index contributed by atoms with van der Waals surface area (Å²) in [4.78, 5) is 27.1. The van der Waals surface area contributed by atoms with Crippen molar-refractivity contribution in [2.75, 3.05) is 27.2 Å². The van der Waals surface area contributed by atoms with Crippen LogP contribution >= 0.6 is 12.4 Å². The van der Waals surface area contributed by atoms with Crippen LogP contribution in [0.1, 0.15) is 37.8 Å². The summed E-state index contributed by atoms with van der Waals surface area (Å²) in [6.07, 6.45) is 2.07. The number of piperidine rings is 2. The number of hydrogen-bond donors (Lipinski definition) is 2. The van der Waals surface area contributed by atoms with Crippen LogP contribution in [0.25, 0.3) is 0 Å². The first-order chi connectivity index (χ1) is 12.5. The normalized spacial score (nSPS) is 28.3. The molecule has 0 radical (unpaired) electrons. The Hall–Kier alpha value is -1.79. The largest absolute Gasteiger partial charge is 0.497 e. The fourth-order valence-corrected chi connectivity index (χ4v) is 4.04. The number of carbonyl (C=O) groups is 2. The van der Waals surface area contributed by atoms with Crippen molar-refractivity contribution in [3.63, 3.8) is 0 Å². The van der Waals surface area contributed by atoms with Gasteiger partial charge in [-0.15, -0.1) is 12.4 Å². The second-order valence-corrected chi connectivity index (χ2v) is 7.45. The molecule has 7 heteroatoms. The van der Waals surface area contributed by atoms with E-state index in [9.17, 15) is 9.59 Å². The minimum Gasteiger partial charge on any atom is -0.497 e. The third-order valence-electron chi connectivity index (χ3n) is 5.81. The van der Waals surface area contributed by atoms with Crippen LogP contribution in [0.3, 0.4) is 0 Å². The smallest absolute Gasteiger partial charge is 0.225 e. The Kier molecular flexibility index (Phi) is 7.50. The van der Waals surface area contributed by atoms with E-state index in [2.05, 4.69) is 17.6 Å². The molecule has 0 aliphatic carbocycles. The maximum absolute atomic E-state index is 13.1. The van der Waals surface area contributed by atoms with Gasteiger partial charge in [-0.05, 0) is 43.0 Å². The van der Waals surface area contributed by atoms with E-state index < -0.39 is 0 Å². The van der Waals surface area contributed by atoms with Gasteiger partial charge in [-0.25, -0.2) is 0 Å². The Bertz CT molecular complexity index is 652. The van der Waals surface area contributed by atoms with Gasteiger partial charge in [0, 0.05) is 26.1 Å². The Morgan fingerprint density at radius 2 is 1.96 bits per heavy atom. The molecule has 1 aromatic rings. The summed E-state index contributed by atoms with van der Waals surface area (Å²) in [7, 11) is 3.42. The molecule has 2 fully saturated rings. The van der Waals surface area contributed by atoms with Gasteiger partial charge in [0.25, 0.3) is 0 Å². The highest BCUT2D eigenvalue weighted by Gasteiger charge is 2.39. The number of nitrogens with zero attached hydrogens (tertiary/aromatic N) is 1. The van der Waals surface area contributed by atoms with Crippen molar-refractivity contribution in [3.8, 4) is 5.75 Å². The molecule has 2 heterocycles. The van der Waals surface area contributed by atoms with Crippen molar-refractivity contribution < 1.29 is 14.3 Å². The molecule has 2 amide bonds. The van der Waals surface area contributed by atoms with Gasteiger partial charge in [-0.1, -0.05) is 19.1 Å². The summed E-state index contributed by atoms with van der Waals surface area (Å²) in [5.41, 5.74) is 0.969. The molecular formula is C20H30ClN3O3. The molecule has 2 aliphatic heterocycles. The molecule has 2 saturated heterocycles. The predicted octanol–water partition coefficient (Wildman–Crippen LogP) is 2.14. The number of carbonyl (C=O) groups excluding carboxylic acids is 2. The molecule has 2 N–H and O–H groups in total. The quantitative estimate of drug-likeness (QED) is 0.819. The minimum absolute atomic E-state index is 0. The Morgan fingerprint density at radius 1 is 1.26 bits per heavy atom. The first-order valence-electron chi connectivity index (χ1n) is 9.42. The SMILES string of the molecule is COc1ccc(C2C(C(=O)NC3CNCCC3C)CCC(=O)N2C)cc1.Cl. The van der Waals surface area contributed by atoms with Gasteiger partial charge in [-0.2, -0.15) is 0 Å². The number of likely N-dealkylation sites (tertiary alicyclic amines) is 1. The first kappa shape index (κ1) is 21.5. The van der Waals surface area contributed by atoms with Crippen molar-refractivity contribution in [1.29, 1.82) is 0 Å². The summed E-state index contributed by atoms with van der Waals surface area (Å²) in [5.74, 6) is 1.12. The lowest BCUT2D eigenvalue weighted by Gasteiger charge is -2.40. The van der Waals surface area contributed by atoms with Gasteiger partial charge >= 0.3 is 0 Å². The maximum Gasteiger partial charge on any atom is 0.225 e. The monoisotopic (exact) mass is 395 g/mol. The summed E-state index contributed by atoms with van der Waals surface area (Å²) in [5, 5.41) is 6.58. The molecule has 0 bridgehead atoms. The standard InChI is InChI=1S/C20H29N3O3.ClH/c1-13-10-11-21-12-17(13)22-20(25)16-8-9-18(24)23(2)19(16)14-4-6-15(26-3)7-5-14;/h4-7,13,16-17,19,21H,8-12H2,1-3H3,(H,22,25);1H. The topological polar surface area (TPSA) is 70.7 Å². The molecule has 2 aliphatic rings. The van der Waals surface area contributed by atoms with Crippen LogP contribution in [0.5, 0.6) is 5.75 Å². The number of rotatable bonds is 4. The number of methoxy groups -OCH3 is 1. The fourth-order valence-electron chi connectivity index (χ4n) is 4.04. The van der Waals surface area contributed by atoms with E-state index in [1.807, 2.05) is 24.3 Å². The van der Waals surface area contributed by atoms with Crippen LogP contribution in [0.4, 0.5) is 0 Å². The van der Waals surface area contributed by atoms with E-state index in [0.717, 1.165) is 30.8 Å². The molecule has 0 aromatic heterocycles. The molecule has 4 unspecified atom stereocenters. The number of hydrogen-bond acceptors (Lipinski definition) is 4. The summed E-state index contributed by atoms with van der Waals surface area (Å²) >= 11 is 0.